The Hall–Kier alpha value is -4.92. The molecule has 0 radical (unpaired) electrons. The Balaban J connectivity index is 1.29. The molecule has 5 aromatic rings. The van der Waals surface area contributed by atoms with Crippen LogP contribution in [-0.4, -0.2) is 41.0 Å². The predicted octanol–water partition coefficient (Wildman–Crippen LogP) is 5.35. The SMILES string of the molecule is C=C1CC1/C=C(\C=C(/C)NC(=O)C1CC1)c1ccc2[nH]nc(-c3nc4c(-c5ccncc5)cncc4[nH]3)c2n1. The number of hydrogen-bond acceptors (Lipinski definition) is 6. The van der Waals surface area contributed by atoms with Crippen LogP contribution in [0.25, 0.3) is 50.3 Å². The summed E-state index contributed by atoms with van der Waals surface area (Å²) in [6.07, 6.45) is 14.1. The summed E-state index contributed by atoms with van der Waals surface area (Å²) < 4.78 is 0. The standard InChI is InChI=1S/C30H26N8O/c1-16-11-20(16)13-21(12-17(2)33-30(39)19-3-4-19)23-5-6-24-27(34-23)28(38-37-24)29-35-25-15-32-14-22(26(25)36-29)18-7-9-31-10-8-18/h5-10,12-15,19-20H,1,3-4,11H2,2H3,(H,33,39)(H,35,36)(H,37,38)/b17-12+,21-13+. The number of nitrogens with zero attached hydrogens (tertiary/aromatic N) is 5. The van der Waals surface area contributed by atoms with Crippen molar-refractivity contribution in [3.8, 4) is 22.6 Å². The van der Waals surface area contributed by atoms with Gasteiger partial charge in [-0.3, -0.25) is 19.9 Å². The molecular formula is C30H26N8O. The van der Waals surface area contributed by atoms with Crippen LogP contribution in [0.3, 0.4) is 0 Å². The van der Waals surface area contributed by atoms with E-state index < -0.39 is 0 Å². The van der Waals surface area contributed by atoms with E-state index in [-0.39, 0.29) is 11.8 Å². The van der Waals surface area contributed by atoms with Crippen molar-refractivity contribution in [1.82, 2.24) is 40.4 Å². The van der Waals surface area contributed by atoms with Crippen LogP contribution in [0.5, 0.6) is 0 Å². The number of imidazole rings is 1. The van der Waals surface area contributed by atoms with Gasteiger partial charge in [0.05, 0.1) is 28.4 Å². The van der Waals surface area contributed by atoms with E-state index in [1.807, 2.05) is 37.3 Å². The lowest BCUT2D eigenvalue weighted by Crippen LogP contribution is -2.22. The van der Waals surface area contributed by atoms with E-state index in [4.69, 9.17) is 9.97 Å². The van der Waals surface area contributed by atoms with Gasteiger partial charge in [-0.05, 0) is 67.7 Å². The summed E-state index contributed by atoms with van der Waals surface area (Å²) in [7, 11) is 0. The highest BCUT2D eigenvalue weighted by molar-refractivity contribution is 5.95. The first-order valence-corrected chi connectivity index (χ1v) is 13.0. The van der Waals surface area contributed by atoms with Crippen molar-refractivity contribution in [3.05, 3.63) is 84.7 Å². The number of fused-ring (bicyclic) bond motifs is 2. The Kier molecular flexibility index (Phi) is 5.43. The summed E-state index contributed by atoms with van der Waals surface area (Å²) in [5.41, 5.74) is 9.38. The molecule has 5 aromatic heterocycles. The first kappa shape index (κ1) is 23.2. The summed E-state index contributed by atoms with van der Waals surface area (Å²) in [5.74, 6) is 1.16. The van der Waals surface area contributed by atoms with Gasteiger partial charge in [-0.2, -0.15) is 5.10 Å². The topological polar surface area (TPSA) is 125 Å². The molecule has 5 heterocycles. The number of allylic oxidation sites excluding steroid dienone is 5. The van der Waals surface area contributed by atoms with E-state index in [0.29, 0.717) is 23.0 Å². The van der Waals surface area contributed by atoms with Crippen molar-refractivity contribution in [1.29, 1.82) is 0 Å². The van der Waals surface area contributed by atoms with Crippen LogP contribution >= 0.6 is 0 Å². The first-order chi connectivity index (χ1) is 19.0. The van der Waals surface area contributed by atoms with Crippen LogP contribution < -0.4 is 5.32 Å². The molecule has 2 fully saturated rings. The van der Waals surface area contributed by atoms with Crippen LogP contribution in [0.1, 0.15) is 31.9 Å². The maximum atomic E-state index is 12.3. The monoisotopic (exact) mass is 514 g/mol. The van der Waals surface area contributed by atoms with Crippen molar-refractivity contribution in [2.45, 2.75) is 26.2 Å². The molecule has 3 N–H and O–H groups in total. The predicted molar refractivity (Wildman–Crippen MR) is 150 cm³/mol. The molecule has 0 aromatic carbocycles. The van der Waals surface area contributed by atoms with Crippen molar-refractivity contribution in [2.24, 2.45) is 11.8 Å². The van der Waals surface area contributed by atoms with Crippen LogP contribution in [0.2, 0.25) is 0 Å². The van der Waals surface area contributed by atoms with E-state index in [2.05, 4.69) is 43.1 Å². The first-order valence-electron chi connectivity index (χ1n) is 13.0. The summed E-state index contributed by atoms with van der Waals surface area (Å²) in [6, 6.07) is 7.82. The van der Waals surface area contributed by atoms with Gasteiger partial charge in [-0.25, -0.2) is 9.97 Å². The molecule has 192 valence electrons. The number of H-pyrrole nitrogens is 2. The van der Waals surface area contributed by atoms with Gasteiger partial charge >= 0.3 is 0 Å². The average Bonchev–Trinajstić information content (AvgIpc) is 3.82. The number of nitrogens with one attached hydrogen (secondary N) is 3. The van der Waals surface area contributed by atoms with Gasteiger partial charge in [0.2, 0.25) is 5.91 Å². The molecule has 39 heavy (non-hydrogen) atoms. The number of hydrogen-bond donors (Lipinski definition) is 3. The zero-order valence-electron chi connectivity index (χ0n) is 21.4. The van der Waals surface area contributed by atoms with Gasteiger partial charge in [0.25, 0.3) is 0 Å². The van der Waals surface area contributed by atoms with Gasteiger partial charge in [0, 0.05) is 41.7 Å². The number of carbonyl (C=O) groups is 1. The molecule has 1 unspecified atom stereocenters. The Morgan fingerprint density at radius 3 is 2.64 bits per heavy atom. The second-order valence-corrected chi connectivity index (χ2v) is 10.3. The molecule has 0 aliphatic heterocycles. The molecule has 0 saturated heterocycles. The third-order valence-electron chi connectivity index (χ3n) is 7.18. The highest BCUT2D eigenvalue weighted by Crippen LogP contribution is 2.39. The zero-order chi connectivity index (χ0) is 26.5. The Bertz CT molecular complexity index is 1820. The number of pyridine rings is 3. The number of amides is 1. The van der Waals surface area contributed by atoms with Gasteiger partial charge in [-0.15, -0.1) is 0 Å². The molecule has 7 rings (SSSR count). The second kappa shape index (κ2) is 9.13. The molecule has 0 spiro atoms. The quantitative estimate of drug-likeness (QED) is 0.199. The maximum Gasteiger partial charge on any atom is 0.227 e. The smallest absolute Gasteiger partial charge is 0.227 e. The number of rotatable bonds is 7. The fourth-order valence-electron chi connectivity index (χ4n) is 4.75. The van der Waals surface area contributed by atoms with Gasteiger partial charge in [0.1, 0.15) is 5.52 Å². The van der Waals surface area contributed by atoms with E-state index >= 15 is 0 Å². The summed E-state index contributed by atoms with van der Waals surface area (Å²) in [5, 5.41) is 10.7. The molecular weight excluding hydrogens is 488 g/mol. The largest absolute Gasteiger partial charge is 0.335 e. The molecule has 2 saturated carbocycles. The van der Waals surface area contributed by atoms with Gasteiger partial charge in [-0.1, -0.05) is 18.2 Å². The van der Waals surface area contributed by atoms with Gasteiger partial charge < -0.3 is 10.3 Å². The van der Waals surface area contributed by atoms with Gasteiger partial charge in [0.15, 0.2) is 11.5 Å². The van der Waals surface area contributed by atoms with Crippen molar-refractivity contribution in [3.63, 3.8) is 0 Å². The fraction of sp³-hybridized carbons (Fsp3) is 0.200. The van der Waals surface area contributed by atoms with E-state index in [1.165, 1.54) is 5.57 Å². The molecule has 1 atom stereocenters. The lowest BCUT2D eigenvalue weighted by molar-refractivity contribution is -0.121. The fourth-order valence-corrected chi connectivity index (χ4v) is 4.75. The van der Waals surface area contributed by atoms with Crippen LogP contribution in [0.15, 0.2) is 79.1 Å². The minimum absolute atomic E-state index is 0.0879. The number of carbonyl (C=O) groups excluding carboxylic acids is 1. The normalized spacial score (nSPS) is 17.7. The third kappa shape index (κ3) is 4.52. The Labute approximate surface area is 224 Å². The van der Waals surface area contributed by atoms with E-state index in [9.17, 15) is 4.79 Å². The Morgan fingerprint density at radius 1 is 1.05 bits per heavy atom. The van der Waals surface area contributed by atoms with Crippen molar-refractivity contribution >= 4 is 33.5 Å². The number of aromatic amines is 2. The molecule has 2 aliphatic carbocycles. The van der Waals surface area contributed by atoms with Crippen LogP contribution in [0, 0.1) is 11.8 Å². The number of aromatic nitrogens is 7. The lowest BCUT2D eigenvalue weighted by atomic mass is 10.1. The maximum absolute atomic E-state index is 12.3. The van der Waals surface area contributed by atoms with E-state index in [1.54, 1.807) is 24.8 Å². The highest BCUT2D eigenvalue weighted by atomic mass is 16.2. The van der Waals surface area contributed by atoms with Crippen LogP contribution in [-0.2, 0) is 4.79 Å². The molecule has 9 nitrogen and oxygen atoms in total. The van der Waals surface area contributed by atoms with Crippen LogP contribution in [0.4, 0.5) is 0 Å². The molecule has 2 aliphatic rings. The van der Waals surface area contributed by atoms with E-state index in [0.717, 1.165) is 63.9 Å². The summed E-state index contributed by atoms with van der Waals surface area (Å²) in [4.78, 5) is 34.1. The molecule has 9 heteroatoms. The zero-order valence-corrected chi connectivity index (χ0v) is 21.4. The Morgan fingerprint density at radius 2 is 1.87 bits per heavy atom. The average molecular weight is 515 g/mol. The molecule has 0 bridgehead atoms. The minimum Gasteiger partial charge on any atom is -0.335 e. The summed E-state index contributed by atoms with van der Waals surface area (Å²) >= 11 is 0. The highest BCUT2D eigenvalue weighted by Gasteiger charge is 2.30. The van der Waals surface area contributed by atoms with Crippen molar-refractivity contribution < 1.29 is 4.79 Å². The lowest BCUT2D eigenvalue weighted by Gasteiger charge is -2.08. The minimum atomic E-state index is 0.0879. The molecule has 1 amide bonds. The third-order valence-corrected chi connectivity index (χ3v) is 7.18. The second-order valence-electron chi connectivity index (χ2n) is 10.3. The van der Waals surface area contributed by atoms with Crippen molar-refractivity contribution in [2.75, 3.05) is 0 Å². The summed E-state index contributed by atoms with van der Waals surface area (Å²) in [6.45, 7) is 6.02.